The summed E-state index contributed by atoms with van der Waals surface area (Å²) in [6.45, 7) is 0.0945. The first-order valence-electron chi connectivity index (χ1n) is 6.81. The Hall–Kier alpha value is -1.88. The van der Waals surface area contributed by atoms with E-state index < -0.39 is 0 Å². The molecule has 110 valence electrons. The quantitative estimate of drug-likeness (QED) is 0.831. The van der Waals surface area contributed by atoms with Crippen LogP contribution in [0.15, 0.2) is 34.3 Å². The van der Waals surface area contributed by atoms with Gasteiger partial charge in [-0.05, 0) is 55.5 Å². The lowest BCUT2D eigenvalue weighted by atomic mass is 10.2. The molecule has 0 amide bonds. The van der Waals surface area contributed by atoms with E-state index in [9.17, 15) is 4.39 Å². The van der Waals surface area contributed by atoms with E-state index in [2.05, 4.69) is 10.2 Å². The van der Waals surface area contributed by atoms with Gasteiger partial charge in [0.2, 0.25) is 0 Å². The van der Waals surface area contributed by atoms with Gasteiger partial charge in [0.15, 0.2) is 12.4 Å². The Balaban J connectivity index is 1.65. The average molecular weight is 309 g/mol. The zero-order valence-corrected chi connectivity index (χ0v) is 12.1. The Labute approximate surface area is 126 Å². The van der Waals surface area contributed by atoms with Gasteiger partial charge >= 0.3 is 0 Å². The summed E-state index contributed by atoms with van der Waals surface area (Å²) in [7, 11) is 0. The van der Waals surface area contributed by atoms with E-state index >= 15 is 0 Å². The topological polar surface area (TPSA) is 48.2 Å². The second-order valence-electron chi connectivity index (χ2n) is 4.87. The van der Waals surface area contributed by atoms with Gasteiger partial charge in [-0.25, -0.2) is 4.39 Å². The van der Waals surface area contributed by atoms with Crippen molar-refractivity contribution in [1.82, 2.24) is 10.2 Å². The van der Waals surface area contributed by atoms with Crippen molar-refractivity contribution in [3.8, 4) is 5.75 Å². The molecule has 1 aliphatic carbocycles. The van der Waals surface area contributed by atoms with Gasteiger partial charge in [-0.3, -0.25) is 0 Å². The summed E-state index contributed by atoms with van der Waals surface area (Å²) in [5.74, 6) is 0.446. The Morgan fingerprint density at radius 3 is 2.62 bits per heavy atom. The number of allylic oxidation sites excluding steroid dienone is 1. The summed E-state index contributed by atoms with van der Waals surface area (Å²) in [5, 5.41) is 8.17. The predicted octanol–water partition coefficient (Wildman–Crippen LogP) is 4.56. The van der Waals surface area contributed by atoms with Crippen molar-refractivity contribution in [2.45, 2.75) is 32.3 Å². The zero-order valence-electron chi connectivity index (χ0n) is 11.3. The first-order valence-corrected chi connectivity index (χ1v) is 7.19. The van der Waals surface area contributed by atoms with Crippen molar-refractivity contribution in [2.24, 2.45) is 0 Å². The van der Waals surface area contributed by atoms with Gasteiger partial charge in [-0.15, -0.1) is 10.2 Å². The second kappa shape index (κ2) is 6.26. The zero-order chi connectivity index (χ0) is 14.7. The maximum Gasteiger partial charge on any atom is 0.276 e. The molecule has 0 bridgehead atoms. The highest BCUT2D eigenvalue weighted by Gasteiger charge is 2.19. The summed E-state index contributed by atoms with van der Waals surface area (Å²) in [4.78, 5) is 0. The van der Waals surface area contributed by atoms with Crippen LogP contribution in [0.3, 0.4) is 0 Å². The molecule has 21 heavy (non-hydrogen) atoms. The molecule has 1 fully saturated rings. The maximum absolute atomic E-state index is 14.1. The van der Waals surface area contributed by atoms with E-state index in [0.717, 1.165) is 31.3 Å². The second-order valence-corrected chi connectivity index (χ2v) is 5.30. The SMILES string of the molecule is FC(=C1CCCC1)c1nnc(COc2ccc(Cl)cc2)o1. The number of halogens is 2. The van der Waals surface area contributed by atoms with Crippen LogP contribution in [0.4, 0.5) is 4.39 Å². The van der Waals surface area contributed by atoms with Crippen molar-refractivity contribution in [3.05, 3.63) is 46.6 Å². The van der Waals surface area contributed by atoms with E-state index in [4.69, 9.17) is 20.8 Å². The molecule has 1 aromatic heterocycles. The minimum atomic E-state index is -0.377. The highest BCUT2D eigenvalue weighted by atomic mass is 35.5. The lowest BCUT2D eigenvalue weighted by Gasteiger charge is -2.02. The molecule has 0 aliphatic heterocycles. The van der Waals surface area contributed by atoms with E-state index in [0.29, 0.717) is 10.8 Å². The highest BCUT2D eigenvalue weighted by Crippen LogP contribution is 2.32. The lowest BCUT2D eigenvalue weighted by molar-refractivity contribution is 0.261. The number of aromatic nitrogens is 2. The van der Waals surface area contributed by atoms with Gasteiger partial charge in [0, 0.05) is 5.02 Å². The minimum absolute atomic E-state index is 0.0541. The van der Waals surface area contributed by atoms with E-state index in [1.54, 1.807) is 24.3 Å². The molecule has 1 aliphatic rings. The van der Waals surface area contributed by atoms with E-state index in [1.807, 2.05) is 0 Å². The maximum atomic E-state index is 14.1. The molecule has 2 aromatic rings. The van der Waals surface area contributed by atoms with Crippen LogP contribution in [-0.4, -0.2) is 10.2 Å². The van der Waals surface area contributed by atoms with Gasteiger partial charge in [0.1, 0.15) is 5.75 Å². The largest absolute Gasteiger partial charge is 0.484 e. The summed E-state index contributed by atoms with van der Waals surface area (Å²) in [6, 6.07) is 6.92. The molecule has 0 spiro atoms. The molecule has 1 heterocycles. The first kappa shape index (κ1) is 14.1. The first-order chi connectivity index (χ1) is 10.2. The third-order valence-electron chi connectivity index (χ3n) is 3.35. The van der Waals surface area contributed by atoms with Crippen molar-refractivity contribution < 1.29 is 13.5 Å². The summed E-state index contributed by atoms with van der Waals surface area (Å²) < 4.78 is 24.9. The molecule has 4 nitrogen and oxygen atoms in total. The molecule has 0 radical (unpaired) electrons. The molecule has 0 N–H and O–H groups in total. The van der Waals surface area contributed by atoms with Crippen LogP contribution in [0.5, 0.6) is 5.75 Å². The van der Waals surface area contributed by atoms with Crippen molar-refractivity contribution in [1.29, 1.82) is 0 Å². The molecule has 1 saturated carbocycles. The molecule has 0 unspecified atom stereocenters. The molecule has 6 heteroatoms. The summed E-state index contributed by atoms with van der Waals surface area (Å²) in [6.07, 6.45) is 3.57. The number of nitrogens with zero attached hydrogens (tertiary/aromatic N) is 2. The van der Waals surface area contributed by atoms with Crippen LogP contribution >= 0.6 is 11.6 Å². The van der Waals surface area contributed by atoms with Crippen molar-refractivity contribution in [2.75, 3.05) is 0 Å². The fourth-order valence-electron chi connectivity index (χ4n) is 2.25. The number of rotatable bonds is 4. The molecular weight excluding hydrogens is 295 g/mol. The number of hydrogen-bond acceptors (Lipinski definition) is 4. The van der Waals surface area contributed by atoms with E-state index in [1.165, 1.54) is 0 Å². The van der Waals surface area contributed by atoms with Crippen LogP contribution in [0, 0.1) is 0 Å². The monoisotopic (exact) mass is 308 g/mol. The van der Waals surface area contributed by atoms with Crippen LogP contribution in [0.2, 0.25) is 5.02 Å². The number of hydrogen-bond donors (Lipinski definition) is 0. The van der Waals surface area contributed by atoms with Crippen LogP contribution in [-0.2, 0) is 6.61 Å². The smallest absolute Gasteiger partial charge is 0.276 e. The fraction of sp³-hybridized carbons (Fsp3) is 0.333. The van der Waals surface area contributed by atoms with Gasteiger partial charge < -0.3 is 9.15 Å². The third kappa shape index (κ3) is 3.42. The molecule has 0 saturated heterocycles. The number of benzene rings is 1. The predicted molar refractivity (Wildman–Crippen MR) is 76.6 cm³/mol. The molecule has 1 aromatic carbocycles. The summed E-state index contributed by atoms with van der Waals surface area (Å²) in [5.41, 5.74) is 0.767. The Morgan fingerprint density at radius 2 is 1.90 bits per heavy atom. The Morgan fingerprint density at radius 1 is 1.19 bits per heavy atom. The summed E-state index contributed by atoms with van der Waals surface area (Å²) >= 11 is 5.79. The van der Waals surface area contributed by atoms with Gasteiger partial charge in [-0.2, -0.15) is 0 Å². The van der Waals surface area contributed by atoms with Gasteiger partial charge in [0.25, 0.3) is 11.8 Å². The van der Waals surface area contributed by atoms with Crippen LogP contribution < -0.4 is 4.74 Å². The molecule has 3 rings (SSSR count). The van der Waals surface area contributed by atoms with E-state index in [-0.39, 0.29) is 24.2 Å². The highest BCUT2D eigenvalue weighted by molar-refractivity contribution is 6.30. The van der Waals surface area contributed by atoms with Crippen molar-refractivity contribution >= 4 is 17.4 Å². The van der Waals surface area contributed by atoms with Gasteiger partial charge in [0.05, 0.1) is 0 Å². The van der Waals surface area contributed by atoms with Crippen LogP contribution in [0.1, 0.15) is 37.5 Å². The van der Waals surface area contributed by atoms with Gasteiger partial charge in [-0.1, -0.05) is 11.6 Å². The average Bonchev–Trinajstić information content (AvgIpc) is 3.18. The number of ether oxygens (including phenoxy) is 1. The molecular formula is C15H14ClFN2O2. The Bertz CT molecular complexity index is 644. The minimum Gasteiger partial charge on any atom is -0.484 e. The van der Waals surface area contributed by atoms with Crippen LogP contribution in [0.25, 0.3) is 5.83 Å². The molecule has 0 atom stereocenters. The fourth-order valence-corrected chi connectivity index (χ4v) is 2.38. The van der Waals surface area contributed by atoms with Crippen molar-refractivity contribution in [3.63, 3.8) is 0 Å². The standard InChI is InChI=1S/C15H14ClFN2O2/c16-11-5-7-12(8-6-11)20-9-13-18-19-15(21-13)14(17)10-3-1-2-4-10/h5-8H,1-4,9H2. The third-order valence-corrected chi connectivity index (χ3v) is 3.60. The lowest BCUT2D eigenvalue weighted by Crippen LogP contribution is -1.95. The Kier molecular flexibility index (Phi) is 4.20. The normalized spacial score (nSPS) is 14.5.